The smallest absolute Gasteiger partial charge is 0.229 e. The lowest BCUT2D eigenvalue weighted by Gasteiger charge is -2.20. The number of nitrogens with one attached hydrogen (secondary N) is 1. The van der Waals surface area contributed by atoms with Crippen molar-refractivity contribution in [1.29, 1.82) is 0 Å². The Morgan fingerprint density at radius 1 is 1.07 bits per heavy atom. The highest BCUT2D eigenvalue weighted by molar-refractivity contribution is 5.92. The molecular weight excluding hydrogens is 372 g/mol. The third-order valence-corrected chi connectivity index (χ3v) is 5.04. The van der Waals surface area contributed by atoms with Crippen molar-refractivity contribution in [3.8, 4) is 11.3 Å². The number of halogens is 2. The predicted molar refractivity (Wildman–Crippen MR) is 108 cm³/mol. The van der Waals surface area contributed by atoms with Gasteiger partial charge in [-0.2, -0.15) is 0 Å². The number of carbonyl (C=O) groups excluding carboxylic acids is 1. The fourth-order valence-corrected chi connectivity index (χ4v) is 3.64. The van der Waals surface area contributed by atoms with Crippen molar-refractivity contribution in [3.05, 3.63) is 76.6 Å². The summed E-state index contributed by atoms with van der Waals surface area (Å²) in [5.74, 6) is -1.77. The van der Waals surface area contributed by atoms with Crippen molar-refractivity contribution >= 4 is 11.7 Å². The van der Waals surface area contributed by atoms with E-state index < -0.39 is 11.6 Å². The van der Waals surface area contributed by atoms with E-state index in [9.17, 15) is 13.6 Å². The predicted octanol–water partition coefficient (Wildman–Crippen LogP) is 4.65. The maximum atomic E-state index is 13.4. The number of aryl methyl sites for hydroxylation is 3. The van der Waals surface area contributed by atoms with Crippen LogP contribution in [-0.2, 0) is 30.5 Å². The Bertz CT molecular complexity index is 1080. The maximum absolute atomic E-state index is 13.4. The summed E-state index contributed by atoms with van der Waals surface area (Å²) in [4.78, 5) is 22.1. The second kappa shape index (κ2) is 8.07. The van der Waals surface area contributed by atoms with Gasteiger partial charge in [0.15, 0.2) is 17.5 Å². The summed E-state index contributed by atoms with van der Waals surface area (Å²) in [6, 6.07) is 11.6. The molecule has 0 fully saturated rings. The van der Waals surface area contributed by atoms with Crippen LogP contribution in [0.2, 0.25) is 0 Å². The van der Waals surface area contributed by atoms with E-state index in [-0.39, 0.29) is 12.3 Å². The van der Waals surface area contributed by atoms with E-state index in [0.717, 1.165) is 54.0 Å². The molecule has 1 heterocycles. The van der Waals surface area contributed by atoms with Crippen molar-refractivity contribution in [2.45, 2.75) is 39.0 Å². The molecule has 0 spiro atoms. The van der Waals surface area contributed by atoms with Gasteiger partial charge in [-0.25, -0.2) is 18.7 Å². The number of carbonyl (C=O) groups is 1. The Labute approximate surface area is 168 Å². The molecule has 148 valence electrons. The molecule has 0 saturated heterocycles. The highest BCUT2D eigenvalue weighted by Crippen LogP contribution is 2.32. The molecule has 6 heteroatoms. The minimum absolute atomic E-state index is 0.0651. The zero-order valence-electron chi connectivity index (χ0n) is 16.1. The number of hydrogen-bond donors (Lipinski definition) is 1. The molecule has 0 aliphatic heterocycles. The maximum Gasteiger partial charge on any atom is 0.229 e. The molecule has 0 atom stereocenters. The van der Waals surface area contributed by atoms with E-state index >= 15 is 0 Å². The number of aromatic nitrogens is 2. The summed E-state index contributed by atoms with van der Waals surface area (Å²) in [5.41, 5.74) is 5.24. The van der Waals surface area contributed by atoms with Crippen LogP contribution in [0.3, 0.4) is 0 Å². The number of hydrogen-bond acceptors (Lipinski definition) is 3. The molecule has 1 aromatic heterocycles. The van der Waals surface area contributed by atoms with Gasteiger partial charge in [0, 0.05) is 5.56 Å². The molecule has 29 heavy (non-hydrogen) atoms. The zero-order valence-corrected chi connectivity index (χ0v) is 16.1. The molecule has 0 unspecified atom stereocenters. The molecule has 4 nitrogen and oxygen atoms in total. The lowest BCUT2D eigenvalue weighted by atomic mass is 9.91. The Balaban J connectivity index is 1.62. The van der Waals surface area contributed by atoms with Crippen LogP contribution in [0.5, 0.6) is 0 Å². The Kier molecular flexibility index (Phi) is 5.34. The van der Waals surface area contributed by atoms with Crippen LogP contribution >= 0.6 is 0 Å². The fraction of sp³-hybridized carbons (Fsp3) is 0.261. The van der Waals surface area contributed by atoms with Gasteiger partial charge in [0.2, 0.25) is 5.91 Å². The molecule has 1 amide bonds. The van der Waals surface area contributed by atoms with Crippen LogP contribution in [0.1, 0.15) is 35.9 Å². The molecule has 0 saturated carbocycles. The monoisotopic (exact) mass is 393 g/mol. The van der Waals surface area contributed by atoms with E-state index in [2.05, 4.69) is 17.4 Å². The first-order valence-corrected chi connectivity index (χ1v) is 9.77. The number of anilines is 1. The normalized spacial score (nSPS) is 12.2. The molecule has 3 aromatic rings. The van der Waals surface area contributed by atoms with Gasteiger partial charge < -0.3 is 5.32 Å². The molecule has 1 aliphatic carbocycles. The molecular formula is C23H21F2N3O. The van der Waals surface area contributed by atoms with E-state index in [0.29, 0.717) is 17.8 Å². The van der Waals surface area contributed by atoms with Gasteiger partial charge in [0.25, 0.3) is 0 Å². The van der Waals surface area contributed by atoms with Crippen molar-refractivity contribution < 1.29 is 13.6 Å². The third kappa shape index (κ3) is 4.01. The summed E-state index contributed by atoms with van der Waals surface area (Å²) in [7, 11) is 0. The zero-order chi connectivity index (χ0) is 20.4. The van der Waals surface area contributed by atoms with Crippen molar-refractivity contribution in [3.63, 3.8) is 0 Å². The van der Waals surface area contributed by atoms with E-state index in [1.165, 1.54) is 11.6 Å². The van der Waals surface area contributed by atoms with E-state index in [4.69, 9.17) is 9.97 Å². The van der Waals surface area contributed by atoms with Gasteiger partial charge in [-0.05, 0) is 42.5 Å². The minimum Gasteiger partial charge on any atom is -0.309 e. The van der Waals surface area contributed by atoms with Gasteiger partial charge in [0.05, 0.1) is 23.5 Å². The number of benzene rings is 2. The number of rotatable bonds is 5. The largest absolute Gasteiger partial charge is 0.309 e. The van der Waals surface area contributed by atoms with E-state index in [1.807, 2.05) is 19.1 Å². The average molecular weight is 393 g/mol. The Morgan fingerprint density at radius 3 is 2.69 bits per heavy atom. The van der Waals surface area contributed by atoms with Gasteiger partial charge in [-0.3, -0.25) is 4.79 Å². The van der Waals surface area contributed by atoms with Crippen molar-refractivity contribution in [2.75, 3.05) is 5.32 Å². The SMILES string of the molecule is CCCc1nc2c(nc1NC(=O)Cc1ccc(F)c(F)c1)CCc1ccccc1-2. The first-order valence-electron chi connectivity index (χ1n) is 9.77. The highest BCUT2D eigenvalue weighted by Gasteiger charge is 2.22. The van der Waals surface area contributed by atoms with E-state index in [1.54, 1.807) is 0 Å². The van der Waals surface area contributed by atoms with Crippen LogP contribution in [0.25, 0.3) is 11.3 Å². The second-order valence-electron chi connectivity index (χ2n) is 7.19. The quantitative estimate of drug-likeness (QED) is 0.686. The molecule has 0 bridgehead atoms. The number of fused-ring (bicyclic) bond motifs is 3. The van der Waals surface area contributed by atoms with Crippen LogP contribution < -0.4 is 5.32 Å². The van der Waals surface area contributed by atoms with Crippen molar-refractivity contribution in [1.82, 2.24) is 9.97 Å². The minimum atomic E-state index is -0.964. The average Bonchev–Trinajstić information content (AvgIpc) is 2.71. The first kappa shape index (κ1) is 19.2. The fourth-order valence-electron chi connectivity index (χ4n) is 3.64. The molecule has 0 radical (unpaired) electrons. The molecule has 4 rings (SSSR count). The van der Waals surface area contributed by atoms with Crippen LogP contribution in [0.15, 0.2) is 42.5 Å². The summed E-state index contributed by atoms with van der Waals surface area (Å²) >= 11 is 0. The van der Waals surface area contributed by atoms with Crippen LogP contribution in [0, 0.1) is 11.6 Å². The van der Waals surface area contributed by atoms with Crippen LogP contribution in [-0.4, -0.2) is 15.9 Å². The van der Waals surface area contributed by atoms with Gasteiger partial charge >= 0.3 is 0 Å². The summed E-state index contributed by atoms with van der Waals surface area (Å²) in [6.45, 7) is 2.04. The second-order valence-corrected chi connectivity index (χ2v) is 7.19. The third-order valence-electron chi connectivity index (χ3n) is 5.04. The highest BCUT2D eigenvalue weighted by atomic mass is 19.2. The molecule has 1 aliphatic rings. The Morgan fingerprint density at radius 2 is 1.90 bits per heavy atom. The van der Waals surface area contributed by atoms with Crippen molar-refractivity contribution in [2.24, 2.45) is 0 Å². The summed E-state index contributed by atoms with van der Waals surface area (Å²) in [6.07, 6.45) is 3.12. The number of nitrogens with zero attached hydrogens (tertiary/aromatic N) is 2. The number of amides is 1. The molecule has 2 aromatic carbocycles. The molecule has 1 N–H and O–H groups in total. The first-order chi connectivity index (χ1) is 14.0. The topological polar surface area (TPSA) is 54.9 Å². The standard InChI is InChI=1S/C23H21F2N3O/c1-2-5-20-23(28-21(29)13-14-8-10-17(24)18(25)12-14)27-19-11-9-15-6-3-4-7-16(15)22(19)26-20/h3-4,6-8,10,12H,2,5,9,11,13H2,1H3,(H,27,28,29). The van der Waals surface area contributed by atoms with Crippen LogP contribution in [0.4, 0.5) is 14.6 Å². The van der Waals surface area contributed by atoms with Gasteiger partial charge in [0.1, 0.15) is 0 Å². The lowest BCUT2D eigenvalue weighted by molar-refractivity contribution is -0.115. The summed E-state index contributed by atoms with van der Waals surface area (Å²) in [5, 5.41) is 2.82. The lowest BCUT2D eigenvalue weighted by Crippen LogP contribution is -2.20. The summed E-state index contributed by atoms with van der Waals surface area (Å²) < 4.78 is 26.5. The van der Waals surface area contributed by atoms with Gasteiger partial charge in [-0.1, -0.05) is 43.7 Å². The Hall–Kier alpha value is -3.15. The van der Waals surface area contributed by atoms with Gasteiger partial charge in [-0.15, -0.1) is 0 Å².